The van der Waals surface area contributed by atoms with Crippen LogP contribution >= 0.6 is 0 Å². The van der Waals surface area contributed by atoms with E-state index in [9.17, 15) is 18.0 Å². The lowest BCUT2D eigenvalue weighted by Crippen LogP contribution is -2.39. The number of nitrogens with one attached hydrogen (secondary N) is 1. The molecule has 0 aromatic carbocycles. The first-order chi connectivity index (χ1) is 14.0. The molecular formula is C19H22F3N7O. The number of fused-ring (bicyclic) bond motifs is 1. The molecule has 30 heavy (non-hydrogen) atoms. The van der Waals surface area contributed by atoms with E-state index in [4.69, 9.17) is 0 Å². The maximum atomic E-state index is 13.0. The predicted octanol–water partition coefficient (Wildman–Crippen LogP) is 3.18. The maximum Gasteiger partial charge on any atom is 0.453 e. The lowest BCUT2D eigenvalue weighted by Gasteiger charge is -2.32. The first-order valence-electron chi connectivity index (χ1n) is 9.68. The summed E-state index contributed by atoms with van der Waals surface area (Å²) in [6, 6.07) is 3.39. The monoisotopic (exact) mass is 421 g/mol. The third kappa shape index (κ3) is 3.75. The van der Waals surface area contributed by atoms with Crippen LogP contribution < -0.4 is 0 Å². The summed E-state index contributed by atoms with van der Waals surface area (Å²) in [5, 5.41) is 10.7. The Morgan fingerprint density at radius 1 is 1.27 bits per heavy atom. The molecule has 1 unspecified atom stereocenters. The molecule has 160 valence electrons. The lowest BCUT2D eigenvalue weighted by molar-refractivity contribution is -0.144. The summed E-state index contributed by atoms with van der Waals surface area (Å²) in [5.41, 5.74) is 1.58. The van der Waals surface area contributed by atoms with Crippen molar-refractivity contribution in [1.82, 2.24) is 34.7 Å². The largest absolute Gasteiger partial charge is 0.453 e. The fourth-order valence-electron chi connectivity index (χ4n) is 3.62. The molecule has 0 bridgehead atoms. The van der Waals surface area contributed by atoms with Crippen molar-refractivity contribution in [1.29, 1.82) is 0 Å². The van der Waals surface area contributed by atoms with Gasteiger partial charge < -0.3 is 4.90 Å². The number of alkyl halides is 3. The number of H-pyrrole nitrogens is 1. The van der Waals surface area contributed by atoms with Crippen LogP contribution in [0, 0.1) is 0 Å². The van der Waals surface area contributed by atoms with Gasteiger partial charge in [-0.2, -0.15) is 23.3 Å². The van der Waals surface area contributed by atoms with Crippen molar-refractivity contribution in [2.75, 3.05) is 13.1 Å². The van der Waals surface area contributed by atoms with Crippen LogP contribution in [0.1, 0.15) is 67.2 Å². The highest BCUT2D eigenvalue weighted by atomic mass is 19.4. The summed E-state index contributed by atoms with van der Waals surface area (Å²) < 4.78 is 40.2. The Kier molecular flexibility index (Phi) is 4.78. The van der Waals surface area contributed by atoms with Crippen molar-refractivity contribution in [3.05, 3.63) is 41.2 Å². The van der Waals surface area contributed by atoms with Gasteiger partial charge in [0.25, 0.3) is 17.5 Å². The number of aromatic nitrogens is 6. The number of piperidine rings is 1. The van der Waals surface area contributed by atoms with Crippen molar-refractivity contribution in [3.8, 4) is 0 Å². The lowest BCUT2D eigenvalue weighted by atomic mass is 9.92. The standard InChI is InChI=1S/C19H22F3N7O/c1-18(2,3)14-9-12(25-26-14)15(30)28-8-4-5-11(10-28)13-6-7-23-17-24-16(19(20,21)22)27-29(13)17/h6-7,9,11H,4-5,8,10H2,1-3H3,(H,25,26). The van der Waals surface area contributed by atoms with E-state index in [1.807, 2.05) is 20.8 Å². The number of rotatable bonds is 2. The van der Waals surface area contributed by atoms with E-state index < -0.39 is 12.0 Å². The Morgan fingerprint density at radius 2 is 2.03 bits per heavy atom. The smallest absolute Gasteiger partial charge is 0.337 e. The number of nitrogens with zero attached hydrogens (tertiary/aromatic N) is 6. The summed E-state index contributed by atoms with van der Waals surface area (Å²) in [6.45, 7) is 6.98. The minimum Gasteiger partial charge on any atom is -0.337 e. The normalized spacial score (nSPS) is 18.2. The van der Waals surface area contributed by atoms with E-state index in [2.05, 4.69) is 25.3 Å². The molecule has 1 aliphatic rings. The molecule has 0 spiro atoms. The predicted molar refractivity (Wildman–Crippen MR) is 101 cm³/mol. The number of carbonyl (C=O) groups is 1. The highest BCUT2D eigenvalue weighted by Crippen LogP contribution is 2.30. The van der Waals surface area contributed by atoms with Gasteiger partial charge in [0.2, 0.25) is 0 Å². The fourth-order valence-corrected chi connectivity index (χ4v) is 3.62. The van der Waals surface area contributed by atoms with E-state index in [1.54, 1.807) is 17.0 Å². The van der Waals surface area contributed by atoms with Gasteiger partial charge in [0.15, 0.2) is 0 Å². The van der Waals surface area contributed by atoms with Gasteiger partial charge in [-0.1, -0.05) is 20.8 Å². The van der Waals surface area contributed by atoms with Gasteiger partial charge in [0, 0.05) is 36.3 Å². The second-order valence-corrected chi connectivity index (χ2v) is 8.52. The number of hydrogen-bond donors (Lipinski definition) is 1. The van der Waals surface area contributed by atoms with E-state index in [0.29, 0.717) is 24.5 Å². The molecule has 3 aromatic rings. The summed E-state index contributed by atoms with van der Waals surface area (Å²) in [4.78, 5) is 22.0. The van der Waals surface area contributed by atoms with Crippen molar-refractivity contribution in [2.24, 2.45) is 0 Å². The van der Waals surface area contributed by atoms with Crippen LogP contribution in [0.25, 0.3) is 5.78 Å². The van der Waals surface area contributed by atoms with Crippen LogP contribution in [0.3, 0.4) is 0 Å². The molecule has 1 aliphatic heterocycles. The van der Waals surface area contributed by atoms with Crippen molar-refractivity contribution in [3.63, 3.8) is 0 Å². The zero-order chi connectivity index (χ0) is 21.7. The quantitative estimate of drug-likeness (QED) is 0.686. The SMILES string of the molecule is CC(C)(C)c1cc(C(=O)N2CCCC(c3ccnc4nc(C(F)(F)F)nn34)C2)n[nH]1. The number of carbonyl (C=O) groups excluding carboxylic acids is 1. The van der Waals surface area contributed by atoms with E-state index in [1.165, 1.54) is 6.20 Å². The highest BCUT2D eigenvalue weighted by Gasteiger charge is 2.37. The van der Waals surface area contributed by atoms with Crippen LogP contribution in [0.4, 0.5) is 13.2 Å². The van der Waals surface area contributed by atoms with Crippen LogP contribution in [-0.2, 0) is 11.6 Å². The summed E-state index contributed by atoms with van der Waals surface area (Å²) in [7, 11) is 0. The maximum absolute atomic E-state index is 13.0. The van der Waals surface area contributed by atoms with Crippen LogP contribution in [0.5, 0.6) is 0 Å². The second-order valence-electron chi connectivity index (χ2n) is 8.52. The van der Waals surface area contributed by atoms with Crippen LogP contribution in [0.2, 0.25) is 0 Å². The van der Waals surface area contributed by atoms with Gasteiger partial charge in [-0.15, -0.1) is 5.10 Å². The van der Waals surface area contributed by atoms with Gasteiger partial charge in [0.05, 0.1) is 5.69 Å². The Balaban J connectivity index is 1.59. The van der Waals surface area contributed by atoms with Crippen LogP contribution in [-0.4, -0.2) is 53.7 Å². The van der Waals surface area contributed by atoms with Gasteiger partial charge >= 0.3 is 6.18 Å². The molecule has 11 heteroatoms. The summed E-state index contributed by atoms with van der Waals surface area (Å²) >= 11 is 0. The summed E-state index contributed by atoms with van der Waals surface area (Å²) in [6.07, 6.45) is -1.79. The van der Waals surface area contributed by atoms with Gasteiger partial charge in [-0.25, -0.2) is 9.50 Å². The zero-order valence-corrected chi connectivity index (χ0v) is 16.9. The first-order valence-corrected chi connectivity index (χ1v) is 9.68. The number of amides is 1. The van der Waals surface area contributed by atoms with E-state index >= 15 is 0 Å². The molecule has 1 amide bonds. The molecule has 1 atom stereocenters. The third-order valence-electron chi connectivity index (χ3n) is 5.26. The molecule has 1 saturated heterocycles. The van der Waals surface area contributed by atoms with E-state index in [0.717, 1.165) is 23.1 Å². The summed E-state index contributed by atoms with van der Waals surface area (Å²) in [5.74, 6) is -1.72. The van der Waals surface area contributed by atoms with Gasteiger partial charge in [-0.05, 0) is 25.0 Å². The average molecular weight is 421 g/mol. The van der Waals surface area contributed by atoms with Crippen molar-refractivity contribution < 1.29 is 18.0 Å². The zero-order valence-electron chi connectivity index (χ0n) is 16.9. The molecule has 1 N–H and O–H groups in total. The topological polar surface area (TPSA) is 92.1 Å². The molecule has 1 fully saturated rings. The average Bonchev–Trinajstić information content (AvgIpc) is 3.34. The Bertz CT molecular complexity index is 1080. The number of halogens is 3. The fraction of sp³-hybridized carbons (Fsp3) is 0.526. The molecule has 0 saturated carbocycles. The number of likely N-dealkylation sites (tertiary alicyclic amines) is 1. The highest BCUT2D eigenvalue weighted by molar-refractivity contribution is 5.92. The molecule has 4 heterocycles. The Hall–Kier alpha value is -2.98. The minimum absolute atomic E-state index is 0.106. The molecule has 0 radical (unpaired) electrons. The first kappa shape index (κ1) is 20.3. The van der Waals surface area contributed by atoms with Crippen molar-refractivity contribution >= 4 is 11.7 Å². The van der Waals surface area contributed by atoms with Gasteiger partial charge in [0.1, 0.15) is 5.69 Å². The molecule has 3 aromatic heterocycles. The van der Waals surface area contributed by atoms with Gasteiger partial charge in [-0.3, -0.25) is 9.89 Å². The van der Waals surface area contributed by atoms with E-state index in [-0.39, 0.29) is 23.0 Å². The number of aromatic amines is 1. The number of hydrogen-bond acceptors (Lipinski definition) is 5. The Labute approximate surface area is 170 Å². The third-order valence-corrected chi connectivity index (χ3v) is 5.26. The molecular weight excluding hydrogens is 399 g/mol. The molecule has 8 nitrogen and oxygen atoms in total. The van der Waals surface area contributed by atoms with Crippen LogP contribution in [0.15, 0.2) is 18.3 Å². The molecule has 0 aliphatic carbocycles. The minimum atomic E-state index is -4.65. The Morgan fingerprint density at radius 3 is 2.70 bits per heavy atom. The molecule has 4 rings (SSSR count). The van der Waals surface area contributed by atoms with Crippen molar-refractivity contribution in [2.45, 2.75) is 51.1 Å². The second kappa shape index (κ2) is 7.06.